The Kier molecular flexibility index (Phi) is 8.62. The molecule has 2 aliphatic rings. The molecule has 0 bridgehead atoms. The van der Waals surface area contributed by atoms with Crippen LogP contribution in [-0.4, -0.2) is 64.9 Å². The first-order chi connectivity index (χ1) is 10.6. The predicted octanol–water partition coefficient (Wildman–Crippen LogP) is 3.76. The third kappa shape index (κ3) is 8.05. The van der Waals surface area contributed by atoms with E-state index in [0.29, 0.717) is 25.9 Å². The van der Waals surface area contributed by atoms with Gasteiger partial charge in [0, 0.05) is 32.8 Å². The van der Waals surface area contributed by atoms with E-state index in [1.54, 1.807) is 0 Å². The summed E-state index contributed by atoms with van der Waals surface area (Å²) in [4.78, 5) is 2.21. The summed E-state index contributed by atoms with van der Waals surface area (Å²) in [6.07, 6.45) is 1.28. The van der Waals surface area contributed by atoms with E-state index in [0.717, 1.165) is 32.7 Å². The monoisotopic (exact) mass is 350 g/mol. The van der Waals surface area contributed by atoms with Crippen LogP contribution in [-0.2, 0) is 4.43 Å². The zero-order chi connectivity index (χ0) is 17.5. The maximum absolute atomic E-state index is 13.0. The van der Waals surface area contributed by atoms with E-state index in [2.05, 4.69) is 44.1 Å². The number of likely N-dealkylation sites (tertiary alicyclic amines) is 1. The Hall–Kier alpha value is -0.0431. The van der Waals surface area contributed by atoms with Crippen molar-refractivity contribution in [3.05, 3.63) is 0 Å². The van der Waals surface area contributed by atoms with Crippen molar-refractivity contribution in [2.45, 2.75) is 70.5 Å². The highest BCUT2D eigenvalue weighted by molar-refractivity contribution is 6.74. The molecule has 0 amide bonds. The smallest absolute Gasteiger partial charge is 0.191 e. The van der Waals surface area contributed by atoms with Crippen LogP contribution in [0.1, 0.15) is 40.0 Å². The molecule has 2 atom stereocenters. The lowest BCUT2D eigenvalue weighted by Gasteiger charge is -2.36. The molecule has 0 radical (unpaired) electrons. The SMILES string of the molecule is CC(C)(C)[Si](C)(C)OCCCN1CC[C@@H](F)C1.F[C@@H]1CCNC1. The fraction of sp³-hybridized carbons (Fsp3) is 1.00. The minimum atomic E-state index is -1.59. The van der Waals surface area contributed by atoms with Gasteiger partial charge in [0.1, 0.15) is 12.3 Å². The lowest BCUT2D eigenvalue weighted by atomic mass is 10.2. The van der Waals surface area contributed by atoms with Gasteiger partial charge in [0.15, 0.2) is 8.32 Å². The molecule has 0 aromatic rings. The van der Waals surface area contributed by atoms with E-state index in [1.807, 2.05) is 0 Å². The van der Waals surface area contributed by atoms with Crippen LogP contribution in [0.3, 0.4) is 0 Å². The molecular weight excluding hydrogens is 314 g/mol. The Morgan fingerprint density at radius 2 is 1.87 bits per heavy atom. The predicted molar refractivity (Wildman–Crippen MR) is 96.1 cm³/mol. The van der Waals surface area contributed by atoms with Crippen LogP contribution >= 0.6 is 0 Å². The van der Waals surface area contributed by atoms with Gasteiger partial charge < -0.3 is 14.6 Å². The molecule has 0 aliphatic carbocycles. The summed E-state index contributed by atoms with van der Waals surface area (Å²) in [5, 5.41) is 3.18. The third-order valence-electron chi connectivity index (χ3n) is 5.10. The van der Waals surface area contributed by atoms with Crippen LogP contribution in [0.15, 0.2) is 0 Å². The van der Waals surface area contributed by atoms with E-state index >= 15 is 0 Å². The van der Waals surface area contributed by atoms with Crippen LogP contribution in [0.4, 0.5) is 8.78 Å². The van der Waals surface area contributed by atoms with Crippen molar-refractivity contribution in [2.24, 2.45) is 0 Å². The van der Waals surface area contributed by atoms with E-state index in [4.69, 9.17) is 4.43 Å². The third-order valence-corrected chi connectivity index (χ3v) is 9.64. The van der Waals surface area contributed by atoms with Crippen LogP contribution in [0.25, 0.3) is 0 Å². The summed E-state index contributed by atoms with van der Waals surface area (Å²) in [5.41, 5.74) is 0. The second-order valence-corrected chi connectivity index (χ2v) is 13.0. The van der Waals surface area contributed by atoms with Crippen molar-refractivity contribution >= 4 is 8.32 Å². The Morgan fingerprint density at radius 1 is 1.17 bits per heavy atom. The van der Waals surface area contributed by atoms with Gasteiger partial charge in [0.25, 0.3) is 0 Å². The number of alkyl halides is 2. The van der Waals surface area contributed by atoms with E-state index < -0.39 is 20.7 Å². The zero-order valence-electron chi connectivity index (χ0n) is 15.6. The second-order valence-electron chi connectivity index (χ2n) is 8.24. The maximum Gasteiger partial charge on any atom is 0.191 e. The number of rotatable bonds is 5. The zero-order valence-corrected chi connectivity index (χ0v) is 16.6. The van der Waals surface area contributed by atoms with Gasteiger partial charge in [-0.3, -0.25) is 0 Å². The molecule has 23 heavy (non-hydrogen) atoms. The summed E-state index contributed by atoms with van der Waals surface area (Å²) >= 11 is 0. The number of hydrogen-bond donors (Lipinski definition) is 1. The van der Waals surface area contributed by atoms with E-state index in [9.17, 15) is 8.78 Å². The lowest BCUT2D eigenvalue weighted by Crippen LogP contribution is -2.41. The molecule has 138 valence electrons. The molecule has 1 N–H and O–H groups in total. The fourth-order valence-corrected chi connectivity index (χ4v) is 3.53. The van der Waals surface area contributed by atoms with Crippen molar-refractivity contribution in [3.8, 4) is 0 Å². The average molecular weight is 351 g/mol. The first-order valence-electron chi connectivity index (χ1n) is 8.97. The quantitative estimate of drug-likeness (QED) is 0.603. The molecule has 0 aromatic heterocycles. The van der Waals surface area contributed by atoms with Crippen molar-refractivity contribution in [2.75, 3.05) is 39.3 Å². The van der Waals surface area contributed by atoms with Gasteiger partial charge in [-0.2, -0.15) is 0 Å². The van der Waals surface area contributed by atoms with Crippen LogP contribution < -0.4 is 5.32 Å². The van der Waals surface area contributed by atoms with Crippen LogP contribution in [0.2, 0.25) is 18.1 Å². The number of halogens is 2. The first kappa shape index (κ1) is 21.0. The highest BCUT2D eigenvalue weighted by Gasteiger charge is 2.36. The molecule has 0 unspecified atom stereocenters. The van der Waals surface area contributed by atoms with Crippen molar-refractivity contribution in [1.29, 1.82) is 0 Å². The summed E-state index contributed by atoms with van der Waals surface area (Å²) < 4.78 is 30.9. The first-order valence-corrected chi connectivity index (χ1v) is 11.9. The largest absolute Gasteiger partial charge is 0.417 e. The second kappa shape index (κ2) is 9.44. The number of nitrogens with one attached hydrogen (secondary N) is 1. The topological polar surface area (TPSA) is 24.5 Å². The van der Waals surface area contributed by atoms with Gasteiger partial charge in [0.2, 0.25) is 0 Å². The van der Waals surface area contributed by atoms with Gasteiger partial charge in [-0.15, -0.1) is 0 Å². The van der Waals surface area contributed by atoms with Crippen LogP contribution in [0, 0.1) is 0 Å². The molecule has 2 aliphatic heterocycles. The van der Waals surface area contributed by atoms with E-state index in [1.165, 1.54) is 0 Å². The highest BCUT2D eigenvalue weighted by Crippen LogP contribution is 2.36. The van der Waals surface area contributed by atoms with Gasteiger partial charge in [-0.1, -0.05) is 20.8 Å². The molecule has 0 saturated carbocycles. The summed E-state index contributed by atoms with van der Waals surface area (Å²) in [5.74, 6) is 0. The standard InChI is InChI=1S/C13H28FNOSi.C4H8FN/c1-13(2,3)17(4,5)16-10-6-8-15-9-7-12(14)11-15;5-4-1-2-6-3-4/h12H,6-11H2,1-5H3;4,6H,1-3H2/t12-;4-/m11/s1. The van der Waals surface area contributed by atoms with Gasteiger partial charge in [-0.05, 0) is 43.9 Å². The molecule has 3 nitrogen and oxygen atoms in total. The molecule has 6 heteroatoms. The van der Waals surface area contributed by atoms with Crippen molar-refractivity contribution < 1.29 is 13.2 Å². The molecular formula is C17H36F2N2OSi. The maximum atomic E-state index is 13.0. The van der Waals surface area contributed by atoms with Gasteiger partial charge in [0.05, 0.1) is 0 Å². The average Bonchev–Trinajstić information content (AvgIpc) is 3.06. The lowest BCUT2D eigenvalue weighted by molar-refractivity contribution is 0.237. The minimum Gasteiger partial charge on any atom is -0.417 e. The Bertz CT molecular complexity index is 331. The fourth-order valence-electron chi connectivity index (χ4n) is 2.44. The molecule has 2 rings (SSSR count). The minimum absolute atomic E-state index is 0.282. The van der Waals surface area contributed by atoms with Crippen molar-refractivity contribution in [1.82, 2.24) is 10.2 Å². The molecule has 0 spiro atoms. The molecule has 0 aromatic carbocycles. The molecule has 2 heterocycles. The number of nitrogens with zero attached hydrogens (tertiary/aromatic N) is 1. The number of hydrogen-bond acceptors (Lipinski definition) is 3. The normalized spacial score (nSPS) is 26.2. The van der Waals surface area contributed by atoms with Gasteiger partial charge >= 0.3 is 0 Å². The summed E-state index contributed by atoms with van der Waals surface area (Å²) in [6.45, 7) is 16.1. The highest BCUT2D eigenvalue weighted by atomic mass is 28.4. The van der Waals surface area contributed by atoms with Gasteiger partial charge in [-0.25, -0.2) is 8.78 Å². The van der Waals surface area contributed by atoms with Crippen molar-refractivity contribution in [3.63, 3.8) is 0 Å². The Labute approximate surface area is 142 Å². The Balaban J connectivity index is 0.000000366. The Morgan fingerprint density at radius 3 is 2.26 bits per heavy atom. The van der Waals surface area contributed by atoms with E-state index in [-0.39, 0.29) is 5.04 Å². The van der Waals surface area contributed by atoms with Crippen LogP contribution in [0.5, 0.6) is 0 Å². The molecule has 2 fully saturated rings. The summed E-state index contributed by atoms with van der Waals surface area (Å²) in [6, 6.07) is 0. The molecule has 2 saturated heterocycles. The summed E-state index contributed by atoms with van der Waals surface area (Å²) in [7, 11) is -1.59.